The first kappa shape index (κ1) is 94.2. The van der Waals surface area contributed by atoms with Gasteiger partial charge in [0.1, 0.15) is 5.78 Å². The van der Waals surface area contributed by atoms with E-state index in [9.17, 15) is 73.2 Å². The average molecular weight is 1790 g/mol. The van der Waals surface area contributed by atoms with Gasteiger partial charge < -0.3 is 60.0 Å². The number of halogens is 8. The third-order valence-corrected chi connectivity index (χ3v) is 21.4. The summed E-state index contributed by atoms with van der Waals surface area (Å²) in [5.74, 6) is -4.82. The van der Waals surface area contributed by atoms with E-state index in [0.717, 1.165) is 49.1 Å². The Bertz CT molecular complexity index is 5640. The van der Waals surface area contributed by atoms with Crippen LogP contribution in [0.15, 0.2) is 214 Å². The molecule has 0 aliphatic carbocycles. The van der Waals surface area contributed by atoms with Crippen molar-refractivity contribution in [3.05, 3.63) is 354 Å². The van der Waals surface area contributed by atoms with Gasteiger partial charge in [-0.3, -0.25) is 52.7 Å². The van der Waals surface area contributed by atoms with Crippen LogP contribution in [0.1, 0.15) is 153 Å². The molecule has 626 valence electrons. The number of hydrogen-bond donors (Lipinski definition) is 8. The number of Topliss-reactive ketones (excluding diaryl/α,β-unsaturated/α-hetero) is 3. The molecule has 11 rings (SSSR count). The van der Waals surface area contributed by atoms with Crippen LogP contribution in [-0.2, 0) is 56.7 Å². The molecule has 0 aliphatic heterocycles. The Kier molecular flexibility index (Phi) is 36.0. The molecule has 8 N–H and O–H groups in total. The quantitative estimate of drug-likeness (QED) is 0.0153. The van der Waals surface area contributed by atoms with Gasteiger partial charge in [0.05, 0.1) is 88.6 Å². The van der Waals surface area contributed by atoms with E-state index in [1.54, 1.807) is 97.1 Å². The number of aromatic nitrogens is 4. The fourth-order valence-electron chi connectivity index (χ4n) is 11.9. The third-order valence-electron chi connectivity index (χ3n) is 18.4. The van der Waals surface area contributed by atoms with Crippen LogP contribution in [0.3, 0.4) is 0 Å². The molecule has 7 aromatic carbocycles. The van der Waals surface area contributed by atoms with E-state index >= 15 is 0 Å². The highest BCUT2D eigenvalue weighted by Crippen LogP contribution is 2.28. The first-order valence-corrected chi connectivity index (χ1v) is 40.5. The molecule has 11 aromatic rings. The van der Waals surface area contributed by atoms with Gasteiger partial charge in [-0.05, 0) is 191 Å². The fraction of sp³-hybridized carbons (Fsp3) is 0.225. The molecule has 120 heavy (non-hydrogen) atoms. The minimum Gasteiger partial charge on any atom is -0.502 e. The van der Waals surface area contributed by atoms with Crippen molar-refractivity contribution in [1.82, 2.24) is 39.5 Å². The highest BCUT2D eigenvalue weighted by atomic mass is 35.5. The maximum Gasteiger partial charge on any atom is 0.293 e. The molecular formula is C89H84Cl8N8O15. The number of pyridine rings is 4. The highest BCUT2D eigenvalue weighted by molar-refractivity contribution is 6.43. The van der Waals surface area contributed by atoms with E-state index < -0.39 is 68.9 Å². The summed E-state index contributed by atoms with van der Waals surface area (Å²) in [6.45, 7) is 8.32. The van der Waals surface area contributed by atoms with E-state index in [-0.39, 0.29) is 59.2 Å². The van der Waals surface area contributed by atoms with Crippen molar-refractivity contribution in [2.75, 3.05) is 26.2 Å². The van der Waals surface area contributed by atoms with Crippen LogP contribution in [-0.4, -0.2) is 106 Å². The predicted octanol–water partition coefficient (Wildman–Crippen LogP) is 16.3. The summed E-state index contributed by atoms with van der Waals surface area (Å²) >= 11 is 47.5. The van der Waals surface area contributed by atoms with Crippen LogP contribution in [0.5, 0.6) is 23.0 Å². The average Bonchev–Trinajstić information content (AvgIpc) is 0.805. The second-order valence-corrected chi connectivity index (χ2v) is 30.9. The van der Waals surface area contributed by atoms with Gasteiger partial charge >= 0.3 is 0 Å². The minimum absolute atomic E-state index is 0.0324. The Balaban J connectivity index is 0.000000200. The molecule has 0 saturated heterocycles. The largest absolute Gasteiger partial charge is 0.502 e. The summed E-state index contributed by atoms with van der Waals surface area (Å²) in [4.78, 5) is 133. The third kappa shape index (κ3) is 27.9. The summed E-state index contributed by atoms with van der Waals surface area (Å²) in [6, 6.07) is 48.6. The SMILES string of the molecule is CC(=O)Cn1ccc(C(=O)NCCCc2ccc(Cl)c(Cl)c2)c(O)c1=O.CC(=O)c1ccc(Cn2ccc(C(=O)NCCCc3ccc(Cl)c(Cl)c3)c(O)c2=O)cc1.CC(=O)c1ccc(Cn2ccc(C(=O)NCCCc3ccc(Cl)c(Cl)c3)c(O)c2=O)cc1.Cc1cccc(Cn2ccc(C(=O)NCCCc3ccc(Cl)c(Cl)c3)c(O)c2=O)c1. The van der Waals surface area contributed by atoms with Crippen molar-refractivity contribution in [2.24, 2.45) is 0 Å². The Morgan fingerprint density at radius 3 is 0.825 bits per heavy atom. The lowest BCUT2D eigenvalue weighted by molar-refractivity contribution is -0.117. The number of amides is 4. The van der Waals surface area contributed by atoms with Crippen LogP contribution >= 0.6 is 92.8 Å². The number of nitrogens with zero attached hydrogens (tertiary/aromatic N) is 4. The molecular weight excluding hydrogens is 1700 g/mol. The molecule has 0 radical (unpaired) electrons. The fourth-order valence-corrected chi connectivity index (χ4v) is 13.2. The standard InChI is InChI=1S/2C24H22Cl2N2O4.C23H22Cl2N2O3.C18H18Cl2N2O4/c2*1-15(29)18-7-4-17(5-8-18)14-28-12-10-19(22(30)24(28)32)23(31)27-11-2-3-16-6-9-20(25)21(26)13-16;1-15-4-2-5-17(12-15)14-27-11-9-18(21(28)23(27)30)22(29)26-10-3-6-16-7-8-19(24)20(25)13-16;1-11(23)10-22-8-6-13(16(24)18(22)26)17(25)21-7-2-3-12-4-5-14(19)15(20)9-12/h2*4-10,12-13,30H,2-3,11,14H2,1H3,(H,27,31);2,4-5,7-9,11-13,28H,3,6,10,14H2,1H3,(H,26,29);4-6,8-9,24H,2-3,7,10H2,1H3,(H,21,25). The lowest BCUT2D eigenvalue weighted by Crippen LogP contribution is -2.29. The van der Waals surface area contributed by atoms with Gasteiger partial charge in [0, 0.05) is 62.1 Å². The molecule has 4 amide bonds. The van der Waals surface area contributed by atoms with E-state index in [1.807, 2.05) is 55.5 Å². The van der Waals surface area contributed by atoms with Gasteiger partial charge in [-0.2, -0.15) is 0 Å². The molecule has 4 heterocycles. The van der Waals surface area contributed by atoms with Gasteiger partial charge in [-0.1, -0.05) is 195 Å². The lowest BCUT2D eigenvalue weighted by Gasteiger charge is -2.11. The summed E-state index contributed by atoms with van der Waals surface area (Å²) in [5.41, 5.74) is 5.75. The molecule has 0 spiro atoms. The first-order valence-electron chi connectivity index (χ1n) is 37.5. The van der Waals surface area contributed by atoms with Gasteiger partial charge in [-0.25, -0.2) is 0 Å². The van der Waals surface area contributed by atoms with Crippen molar-refractivity contribution in [3.63, 3.8) is 0 Å². The van der Waals surface area contributed by atoms with Crippen molar-refractivity contribution >= 4 is 134 Å². The van der Waals surface area contributed by atoms with Gasteiger partial charge in [0.25, 0.3) is 45.9 Å². The second-order valence-electron chi connectivity index (χ2n) is 27.7. The normalized spacial score (nSPS) is 10.7. The van der Waals surface area contributed by atoms with Crippen LogP contribution in [0.25, 0.3) is 0 Å². The summed E-state index contributed by atoms with van der Waals surface area (Å²) in [7, 11) is 0. The molecule has 23 nitrogen and oxygen atoms in total. The smallest absolute Gasteiger partial charge is 0.293 e. The zero-order valence-corrected chi connectivity index (χ0v) is 71.4. The topological polar surface area (TPSA) is 337 Å². The van der Waals surface area contributed by atoms with E-state index in [2.05, 4.69) is 21.3 Å². The van der Waals surface area contributed by atoms with E-state index in [4.69, 9.17) is 92.8 Å². The molecule has 0 bridgehead atoms. The number of aromatic hydroxyl groups is 4. The van der Waals surface area contributed by atoms with E-state index in [0.29, 0.717) is 135 Å². The maximum atomic E-state index is 12.5. The number of aryl methyl sites for hydroxylation is 5. The summed E-state index contributed by atoms with van der Waals surface area (Å²) < 4.78 is 5.04. The zero-order valence-electron chi connectivity index (χ0n) is 65.4. The predicted molar refractivity (Wildman–Crippen MR) is 470 cm³/mol. The lowest BCUT2D eigenvalue weighted by atomic mass is 10.1. The first-order chi connectivity index (χ1) is 57.2. The van der Waals surface area contributed by atoms with Gasteiger partial charge in [0.2, 0.25) is 0 Å². The summed E-state index contributed by atoms with van der Waals surface area (Å²) in [6.07, 6.45) is 11.2. The van der Waals surface area contributed by atoms with Crippen molar-refractivity contribution in [3.8, 4) is 23.0 Å². The Morgan fingerprint density at radius 1 is 0.308 bits per heavy atom. The monoisotopic (exact) mass is 1780 g/mol. The number of carbonyl (C=O) groups is 7. The molecule has 0 fully saturated rings. The number of nitrogens with one attached hydrogen (secondary N) is 4. The number of benzene rings is 7. The van der Waals surface area contributed by atoms with E-state index in [1.165, 1.54) is 83.5 Å². The van der Waals surface area contributed by atoms with Crippen LogP contribution in [0.2, 0.25) is 40.2 Å². The molecule has 31 heteroatoms. The molecule has 0 aliphatic rings. The molecule has 4 aromatic heterocycles. The number of carbonyl (C=O) groups excluding carboxylic acids is 7. The number of ketones is 3. The molecule has 0 atom stereocenters. The van der Waals surface area contributed by atoms with Crippen LogP contribution in [0.4, 0.5) is 0 Å². The van der Waals surface area contributed by atoms with Gasteiger partial charge in [0.15, 0.2) is 34.6 Å². The van der Waals surface area contributed by atoms with Crippen LogP contribution in [0, 0.1) is 6.92 Å². The Hall–Kier alpha value is -11.3. The minimum atomic E-state index is -0.774. The highest BCUT2D eigenvalue weighted by Gasteiger charge is 2.21. The molecule has 0 unspecified atom stereocenters. The maximum absolute atomic E-state index is 12.5. The summed E-state index contributed by atoms with van der Waals surface area (Å²) in [5, 5.41) is 55.4. The van der Waals surface area contributed by atoms with Crippen LogP contribution < -0.4 is 43.5 Å². The molecule has 0 saturated carbocycles. The zero-order chi connectivity index (χ0) is 87.4. The van der Waals surface area contributed by atoms with Crippen molar-refractivity contribution < 1.29 is 54.0 Å². The van der Waals surface area contributed by atoms with Crippen molar-refractivity contribution in [2.45, 2.75) is 105 Å². The van der Waals surface area contributed by atoms with Gasteiger partial charge in [-0.15, -0.1) is 0 Å². The number of rotatable bonds is 30. The number of hydrogen-bond acceptors (Lipinski definition) is 15. The Morgan fingerprint density at radius 2 is 0.567 bits per heavy atom. The van der Waals surface area contributed by atoms with Crippen molar-refractivity contribution in [1.29, 1.82) is 0 Å². The Labute approximate surface area is 730 Å². The second kappa shape index (κ2) is 45.8.